The molecule has 0 aliphatic carbocycles. The van der Waals surface area contributed by atoms with E-state index in [9.17, 15) is 25.9 Å². The first-order chi connectivity index (χ1) is 20.1. The monoisotopic (exact) mass is 659 g/mol. The number of aryl methyl sites for hydroxylation is 1. The van der Waals surface area contributed by atoms with Crippen molar-refractivity contribution in [1.82, 2.24) is 0 Å². The molecule has 0 atom stereocenters. The molecule has 0 spiro atoms. The predicted octanol–water partition coefficient (Wildman–Crippen LogP) is 6.58. The van der Waals surface area contributed by atoms with Gasteiger partial charge in [-0.3, -0.25) is 9.11 Å². The number of aromatic nitrogens is 1. The molecule has 1 aliphatic heterocycles. The molecule has 0 radical (unpaired) electrons. The Morgan fingerprint density at radius 2 is 1.62 bits per heavy atom. The molecule has 1 aliphatic rings. The van der Waals surface area contributed by atoms with Crippen LogP contribution in [-0.4, -0.2) is 44.0 Å². The van der Waals surface area contributed by atoms with Gasteiger partial charge in [0.1, 0.15) is 4.70 Å². The van der Waals surface area contributed by atoms with Crippen LogP contribution in [0, 0.1) is 0 Å². The second kappa shape index (κ2) is 11.7. The highest BCUT2D eigenvalue weighted by atomic mass is 32.2. The molecule has 5 aromatic rings. The minimum atomic E-state index is -4.07. The minimum absolute atomic E-state index is 0.268. The molecule has 3 aromatic carbocycles. The smallest absolute Gasteiger partial charge is 0.265 e. The average molecular weight is 660 g/mol. The number of anilines is 1. The van der Waals surface area contributed by atoms with E-state index in [1.807, 2.05) is 41.8 Å². The first kappa shape index (κ1) is 29.3. The average Bonchev–Trinajstić information content (AvgIpc) is 3.63. The number of thiophene rings is 1. The van der Waals surface area contributed by atoms with Gasteiger partial charge in [-0.2, -0.15) is 21.4 Å². The van der Waals surface area contributed by atoms with Crippen LogP contribution in [0.25, 0.3) is 37.2 Å². The van der Waals surface area contributed by atoms with Crippen molar-refractivity contribution >= 4 is 97.5 Å². The van der Waals surface area contributed by atoms with E-state index in [-0.39, 0.29) is 24.3 Å². The van der Waals surface area contributed by atoms with Crippen molar-refractivity contribution in [2.45, 2.75) is 24.3 Å². The maximum Gasteiger partial charge on any atom is 0.265 e. The Labute approximate surface area is 256 Å². The number of rotatable bonds is 10. The van der Waals surface area contributed by atoms with Gasteiger partial charge in [0.25, 0.3) is 25.2 Å². The highest BCUT2D eigenvalue weighted by molar-refractivity contribution is 8.03. The van der Waals surface area contributed by atoms with Gasteiger partial charge in [-0.15, -0.1) is 11.3 Å². The van der Waals surface area contributed by atoms with E-state index in [2.05, 4.69) is 45.9 Å². The molecule has 0 saturated carbocycles. The lowest BCUT2D eigenvalue weighted by molar-refractivity contribution is -0.667. The highest BCUT2D eigenvalue weighted by Gasteiger charge is 2.27. The van der Waals surface area contributed by atoms with Crippen molar-refractivity contribution in [3.63, 3.8) is 0 Å². The SMILES string of the molecule is O=S(=O)(O)CCCN1/C(=C\C=C\c2sc3ccc4sccc4c3[n+]2CCCS(=O)(=O)O)Sc2ccc3ccccc3c21. The van der Waals surface area contributed by atoms with Gasteiger partial charge < -0.3 is 4.90 Å². The molecule has 218 valence electrons. The van der Waals surface area contributed by atoms with E-state index in [4.69, 9.17) is 0 Å². The number of hydrogen-bond acceptors (Lipinski definition) is 8. The van der Waals surface area contributed by atoms with Crippen molar-refractivity contribution in [3.05, 3.63) is 82.2 Å². The molecule has 3 heterocycles. The van der Waals surface area contributed by atoms with Crippen LogP contribution in [0.2, 0.25) is 0 Å². The Morgan fingerprint density at radius 1 is 0.857 bits per heavy atom. The number of allylic oxidation sites excluding steroid dienone is 2. The van der Waals surface area contributed by atoms with E-state index in [0.29, 0.717) is 13.1 Å². The quantitative estimate of drug-likeness (QED) is 0.128. The summed E-state index contributed by atoms with van der Waals surface area (Å²) < 4.78 is 68.6. The molecule has 0 saturated heterocycles. The Kier molecular flexibility index (Phi) is 8.17. The Hall–Kier alpha value is -2.78. The number of fused-ring (bicyclic) bond motifs is 6. The third-order valence-electron chi connectivity index (χ3n) is 6.98. The molecule has 13 heteroatoms. The zero-order valence-corrected chi connectivity index (χ0v) is 26.3. The van der Waals surface area contributed by atoms with E-state index in [1.165, 1.54) is 0 Å². The van der Waals surface area contributed by atoms with Crippen molar-refractivity contribution in [2.24, 2.45) is 0 Å². The summed E-state index contributed by atoms with van der Waals surface area (Å²) in [5.74, 6) is -0.634. The molecule has 2 N–H and O–H groups in total. The largest absolute Gasteiger partial charge is 0.334 e. The topological polar surface area (TPSA) is 116 Å². The summed E-state index contributed by atoms with van der Waals surface area (Å²) in [6.07, 6.45) is 6.50. The van der Waals surface area contributed by atoms with Crippen molar-refractivity contribution < 1.29 is 30.5 Å². The highest BCUT2D eigenvalue weighted by Crippen LogP contribution is 2.49. The van der Waals surface area contributed by atoms with Gasteiger partial charge in [0.2, 0.25) is 5.52 Å². The summed E-state index contributed by atoms with van der Waals surface area (Å²) in [7, 11) is -8.14. The van der Waals surface area contributed by atoms with Gasteiger partial charge in [-0.05, 0) is 47.5 Å². The van der Waals surface area contributed by atoms with Crippen LogP contribution in [-0.2, 0) is 26.8 Å². The van der Waals surface area contributed by atoms with Crippen molar-refractivity contribution in [1.29, 1.82) is 0 Å². The third kappa shape index (κ3) is 6.27. The molecular formula is C29H27N2O6S5+. The number of nitrogens with zero attached hydrogens (tertiary/aromatic N) is 2. The minimum Gasteiger partial charge on any atom is -0.334 e. The second-order valence-electron chi connectivity index (χ2n) is 9.87. The van der Waals surface area contributed by atoms with Gasteiger partial charge in [-0.1, -0.05) is 59.5 Å². The molecule has 8 nitrogen and oxygen atoms in total. The third-order valence-corrected chi connectivity index (χ3v) is 11.7. The zero-order chi connectivity index (χ0) is 29.5. The van der Waals surface area contributed by atoms with E-state index < -0.39 is 20.2 Å². The molecule has 0 bridgehead atoms. The first-order valence-corrected chi connectivity index (χ1v) is 18.9. The zero-order valence-electron chi connectivity index (χ0n) is 22.2. The summed E-state index contributed by atoms with van der Waals surface area (Å²) in [6.45, 7) is 0.848. The summed E-state index contributed by atoms with van der Waals surface area (Å²) in [6, 6.07) is 18.5. The maximum absolute atomic E-state index is 11.4. The van der Waals surface area contributed by atoms with Gasteiger partial charge in [-0.25, -0.2) is 0 Å². The Bertz CT molecular complexity index is 2100. The van der Waals surface area contributed by atoms with Crippen LogP contribution >= 0.6 is 34.4 Å². The van der Waals surface area contributed by atoms with Crippen LogP contribution in [0.1, 0.15) is 17.8 Å². The van der Waals surface area contributed by atoms with Gasteiger partial charge >= 0.3 is 0 Å². The lowest BCUT2D eigenvalue weighted by Crippen LogP contribution is -2.36. The van der Waals surface area contributed by atoms with Gasteiger partial charge in [0.05, 0.1) is 27.6 Å². The Morgan fingerprint density at radius 3 is 2.43 bits per heavy atom. The summed E-state index contributed by atoms with van der Waals surface area (Å²) in [4.78, 5) is 3.18. The fourth-order valence-corrected chi connectivity index (χ4v) is 9.25. The second-order valence-corrected chi connectivity index (χ2v) is 16.1. The lowest BCUT2D eigenvalue weighted by atomic mass is 10.1. The normalized spacial score (nSPS) is 15.2. The molecule has 0 fully saturated rings. The van der Waals surface area contributed by atoms with E-state index in [0.717, 1.165) is 51.7 Å². The standard InChI is InChI=1S/C29H26N2O6S5/c32-41(33,34)18-4-15-30-26(39-24-11-10-20-6-1-2-7-21(20)28(24)30)8-3-9-27-31(16-5-19-42(35,36)37)29-22-14-17-38-23(22)12-13-25(29)40-27/h1-3,6-14,17H,4-5,15-16,18-19H2,(H-,32,33,34,35,36,37)/p+1. The molecule has 0 unspecified atom stereocenters. The molecule has 0 amide bonds. The van der Waals surface area contributed by atoms with Crippen LogP contribution in [0.3, 0.4) is 0 Å². The Balaban J connectivity index is 1.36. The van der Waals surface area contributed by atoms with Gasteiger partial charge in [0, 0.05) is 34.0 Å². The predicted molar refractivity (Wildman–Crippen MR) is 174 cm³/mol. The number of benzene rings is 3. The van der Waals surface area contributed by atoms with Crippen LogP contribution in [0.5, 0.6) is 0 Å². The summed E-state index contributed by atoms with van der Waals surface area (Å²) in [5, 5.41) is 7.19. The van der Waals surface area contributed by atoms with Gasteiger partial charge in [0.15, 0.2) is 6.54 Å². The maximum atomic E-state index is 11.4. The van der Waals surface area contributed by atoms with E-state index in [1.54, 1.807) is 34.4 Å². The van der Waals surface area contributed by atoms with Crippen molar-refractivity contribution in [3.8, 4) is 0 Å². The molecular weight excluding hydrogens is 633 g/mol. The number of thiazole rings is 1. The fraction of sp³-hybridized carbons (Fsp3) is 0.207. The van der Waals surface area contributed by atoms with Crippen LogP contribution in [0.15, 0.2) is 82.1 Å². The summed E-state index contributed by atoms with van der Waals surface area (Å²) in [5.41, 5.74) is 2.07. The number of thioether (sulfide) groups is 1. The summed E-state index contributed by atoms with van der Waals surface area (Å²) >= 11 is 4.87. The van der Waals surface area contributed by atoms with Crippen LogP contribution in [0.4, 0.5) is 5.69 Å². The number of hydrogen-bond donors (Lipinski definition) is 2. The first-order valence-electron chi connectivity index (χ1n) is 13.2. The molecule has 2 aromatic heterocycles. The van der Waals surface area contributed by atoms with Crippen molar-refractivity contribution in [2.75, 3.05) is 23.0 Å². The van der Waals surface area contributed by atoms with Crippen LogP contribution < -0.4 is 9.47 Å². The lowest BCUT2D eigenvalue weighted by Gasteiger charge is -2.21. The van der Waals surface area contributed by atoms with E-state index >= 15 is 0 Å². The fourth-order valence-electron chi connectivity index (χ4n) is 5.24. The molecule has 6 rings (SSSR count). The molecule has 42 heavy (non-hydrogen) atoms.